The maximum Gasteiger partial charge on any atom is 0.242 e. The molecule has 1 fully saturated rings. The van der Waals surface area contributed by atoms with Crippen LogP contribution < -0.4 is 15.4 Å². The Bertz CT molecular complexity index is 516. The SMILES string of the molecule is COc1ccc(C(C)(C)C)cc1N[C@@H](C)C(=O)NC1CC1. The molecule has 1 atom stereocenters. The number of benzene rings is 1. The highest BCUT2D eigenvalue weighted by Crippen LogP contribution is 2.31. The summed E-state index contributed by atoms with van der Waals surface area (Å²) in [4.78, 5) is 12.1. The van der Waals surface area contributed by atoms with Crippen molar-refractivity contribution < 1.29 is 9.53 Å². The highest BCUT2D eigenvalue weighted by molar-refractivity contribution is 5.85. The first-order valence-electron chi connectivity index (χ1n) is 7.56. The zero-order valence-corrected chi connectivity index (χ0v) is 13.6. The van der Waals surface area contributed by atoms with Crippen LogP contribution in [0.25, 0.3) is 0 Å². The number of carbonyl (C=O) groups is 1. The largest absolute Gasteiger partial charge is 0.495 e. The summed E-state index contributed by atoms with van der Waals surface area (Å²) in [7, 11) is 1.65. The third-order valence-electron chi connectivity index (χ3n) is 3.75. The van der Waals surface area contributed by atoms with Crippen molar-refractivity contribution in [3.63, 3.8) is 0 Å². The average Bonchev–Trinajstić information content (AvgIpc) is 3.21. The van der Waals surface area contributed by atoms with Crippen molar-refractivity contribution >= 4 is 11.6 Å². The van der Waals surface area contributed by atoms with E-state index in [1.54, 1.807) is 7.11 Å². The zero-order valence-electron chi connectivity index (χ0n) is 13.6. The van der Waals surface area contributed by atoms with E-state index in [2.05, 4.69) is 43.5 Å². The van der Waals surface area contributed by atoms with Crippen molar-refractivity contribution in [2.75, 3.05) is 12.4 Å². The van der Waals surface area contributed by atoms with Crippen LogP contribution >= 0.6 is 0 Å². The molecular weight excluding hydrogens is 264 g/mol. The van der Waals surface area contributed by atoms with Crippen molar-refractivity contribution in [2.24, 2.45) is 0 Å². The molecular formula is C17H26N2O2. The van der Waals surface area contributed by atoms with Crippen LogP contribution in [0.15, 0.2) is 18.2 Å². The fourth-order valence-electron chi connectivity index (χ4n) is 2.14. The summed E-state index contributed by atoms with van der Waals surface area (Å²) in [6.45, 7) is 8.38. The average molecular weight is 290 g/mol. The van der Waals surface area contributed by atoms with Crippen LogP contribution in [0.1, 0.15) is 46.1 Å². The second-order valence-corrected chi connectivity index (χ2v) is 6.81. The lowest BCUT2D eigenvalue weighted by atomic mass is 9.86. The quantitative estimate of drug-likeness (QED) is 0.876. The number of ether oxygens (including phenoxy) is 1. The predicted molar refractivity (Wildman–Crippen MR) is 85.9 cm³/mol. The molecule has 1 amide bonds. The molecule has 0 saturated heterocycles. The van der Waals surface area contributed by atoms with Crippen molar-refractivity contribution in [1.82, 2.24) is 5.32 Å². The molecule has 0 spiro atoms. The van der Waals surface area contributed by atoms with Crippen LogP contribution in [0.4, 0.5) is 5.69 Å². The van der Waals surface area contributed by atoms with Crippen LogP contribution in [0.5, 0.6) is 5.75 Å². The minimum absolute atomic E-state index is 0.0423. The van der Waals surface area contributed by atoms with Gasteiger partial charge in [-0.1, -0.05) is 26.8 Å². The summed E-state index contributed by atoms with van der Waals surface area (Å²) >= 11 is 0. The van der Waals surface area contributed by atoms with Gasteiger partial charge in [0.15, 0.2) is 0 Å². The van der Waals surface area contributed by atoms with Crippen LogP contribution in [-0.4, -0.2) is 25.1 Å². The molecule has 4 heteroatoms. The predicted octanol–water partition coefficient (Wildman–Crippen LogP) is 3.07. The van der Waals surface area contributed by atoms with Gasteiger partial charge in [0.25, 0.3) is 0 Å². The Balaban J connectivity index is 2.14. The van der Waals surface area contributed by atoms with Gasteiger partial charge in [0, 0.05) is 6.04 Å². The van der Waals surface area contributed by atoms with Gasteiger partial charge >= 0.3 is 0 Å². The van der Waals surface area contributed by atoms with Gasteiger partial charge in [0.05, 0.1) is 12.8 Å². The van der Waals surface area contributed by atoms with E-state index >= 15 is 0 Å². The van der Waals surface area contributed by atoms with Crippen molar-refractivity contribution in [3.05, 3.63) is 23.8 Å². The van der Waals surface area contributed by atoms with E-state index in [0.29, 0.717) is 6.04 Å². The van der Waals surface area contributed by atoms with Crippen LogP contribution in [0.2, 0.25) is 0 Å². The maximum absolute atomic E-state index is 12.1. The zero-order chi connectivity index (χ0) is 15.6. The molecule has 0 heterocycles. The standard InChI is InChI=1S/C17H26N2O2/c1-11(16(20)19-13-7-8-13)18-14-10-12(17(2,3)4)6-9-15(14)21-5/h6,9-11,13,18H,7-8H2,1-5H3,(H,19,20)/t11-/m0/s1. The first-order chi connectivity index (χ1) is 9.81. The molecule has 0 aromatic heterocycles. The van der Waals surface area contributed by atoms with Gasteiger partial charge in [-0.05, 0) is 42.9 Å². The summed E-state index contributed by atoms with van der Waals surface area (Å²) in [6.07, 6.45) is 2.20. The number of rotatable bonds is 5. The molecule has 1 aliphatic rings. The molecule has 4 nitrogen and oxygen atoms in total. The fraction of sp³-hybridized carbons (Fsp3) is 0.588. The summed E-state index contributed by atoms with van der Waals surface area (Å²) in [5.41, 5.74) is 2.13. The molecule has 1 aromatic carbocycles. The molecule has 0 unspecified atom stereocenters. The van der Waals surface area contributed by atoms with Crippen molar-refractivity contribution in [1.29, 1.82) is 0 Å². The van der Waals surface area contributed by atoms with Crippen molar-refractivity contribution in [3.8, 4) is 5.75 Å². The van der Waals surface area contributed by atoms with E-state index in [1.807, 2.05) is 13.0 Å². The minimum atomic E-state index is -0.283. The number of amides is 1. The Morgan fingerprint density at radius 1 is 1.33 bits per heavy atom. The first-order valence-corrected chi connectivity index (χ1v) is 7.56. The molecule has 1 saturated carbocycles. The third kappa shape index (κ3) is 4.13. The smallest absolute Gasteiger partial charge is 0.242 e. The number of carbonyl (C=O) groups excluding carboxylic acids is 1. The normalized spacial score (nSPS) is 16.2. The maximum atomic E-state index is 12.1. The Morgan fingerprint density at radius 2 is 2.00 bits per heavy atom. The van der Waals surface area contributed by atoms with Crippen LogP contribution in [0, 0.1) is 0 Å². The number of nitrogens with one attached hydrogen (secondary N) is 2. The molecule has 2 N–H and O–H groups in total. The van der Waals surface area contributed by atoms with E-state index in [9.17, 15) is 4.79 Å². The Labute approximate surface area is 127 Å². The topological polar surface area (TPSA) is 50.4 Å². The number of hydrogen-bond acceptors (Lipinski definition) is 3. The van der Waals surface area contributed by atoms with Crippen LogP contribution in [-0.2, 0) is 10.2 Å². The lowest BCUT2D eigenvalue weighted by molar-refractivity contribution is -0.121. The molecule has 1 aromatic rings. The lowest BCUT2D eigenvalue weighted by Gasteiger charge is -2.23. The van der Waals surface area contributed by atoms with E-state index in [-0.39, 0.29) is 17.4 Å². The van der Waals surface area contributed by atoms with Gasteiger partial charge in [-0.2, -0.15) is 0 Å². The Kier molecular flexibility index (Phi) is 4.45. The van der Waals surface area contributed by atoms with Crippen LogP contribution in [0.3, 0.4) is 0 Å². The highest BCUT2D eigenvalue weighted by Gasteiger charge is 2.26. The van der Waals surface area contributed by atoms with E-state index < -0.39 is 0 Å². The number of methoxy groups -OCH3 is 1. The lowest BCUT2D eigenvalue weighted by Crippen LogP contribution is -2.38. The van der Waals surface area contributed by atoms with Gasteiger partial charge < -0.3 is 15.4 Å². The summed E-state index contributed by atoms with van der Waals surface area (Å²) in [5.74, 6) is 0.801. The van der Waals surface area contributed by atoms with Gasteiger partial charge in [0.1, 0.15) is 11.8 Å². The molecule has 2 rings (SSSR count). The van der Waals surface area contributed by atoms with Gasteiger partial charge in [-0.25, -0.2) is 0 Å². The van der Waals surface area contributed by atoms with E-state index in [4.69, 9.17) is 4.74 Å². The molecule has 116 valence electrons. The monoisotopic (exact) mass is 290 g/mol. The summed E-state index contributed by atoms with van der Waals surface area (Å²) < 4.78 is 5.39. The molecule has 1 aliphatic carbocycles. The van der Waals surface area contributed by atoms with E-state index in [0.717, 1.165) is 24.3 Å². The van der Waals surface area contributed by atoms with Crippen molar-refractivity contribution in [2.45, 2.75) is 58.0 Å². The summed E-state index contributed by atoms with van der Waals surface area (Å²) in [6, 6.07) is 6.19. The van der Waals surface area contributed by atoms with Gasteiger partial charge in [-0.3, -0.25) is 4.79 Å². The fourth-order valence-corrected chi connectivity index (χ4v) is 2.14. The minimum Gasteiger partial charge on any atom is -0.495 e. The second kappa shape index (κ2) is 5.96. The second-order valence-electron chi connectivity index (χ2n) is 6.81. The molecule has 0 bridgehead atoms. The number of hydrogen-bond donors (Lipinski definition) is 2. The Hall–Kier alpha value is -1.71. The van der Waals surface area contributed by atoms with E-state index in [1.165, 1.54) is 5.56 Å². The van der Waals surface area contributed by atoms with Gasteiger partial charge in [-0.15, -0.1) is 0 Å². The molecule has 0 aliphatic heterocycles. The first kappa shape index (κ1) is 15.7. The highest BCUT2D eigenvalue weighted by atomic mass is 16.5. The number of anilines is 1. The third-order valence-corrected chi connectivity index (χ3v) is 3.75. The summed E-state index contributed by atoms with van der Waals surface area (Å²) in [5, 5.41) is 6.28. The molecule has 0 radical (unpaired) electrons. The van der Waals surface area contributed by atoms with Gasteiger partial charge in [0.2, 0.25) is 5.91 Å². The Morgan fingerprint density at radius 3 is 2.52 bits per heavy atom. The molecule has 21 heavy (non-hydrogen) atoms.